The number of fused-ring (bicyclic) bond motifs is 1. The first kappa shape index (κ1) is 24.3. The van der Waals surface area contributed by atoms with Gasteiger partial charge < -0.3 is 30.0 Å². The molecule has 5 N–H and O–H groups in total. The highest BCUT2D eigenvalue weighted by atomic mass is 32.2. The van der Waals surface area contributed by atoms with E-state index in [2.05, 4.69) is 30.5 Å². The van der Waals surface area contributed by atoms with Gasteiger partial charge in [0, 0.05) is 13.1 Å². The van der Waals surface area contributed by atoms with E-state index < -0.39 is 34.5 Å². The van der Waals surface area contributed by atoms with Gasteiger partial charge in [0.25, 0.3) is 5.91 Å². The molecule has 2 heterocycles. The van der Waals surface area contributed by atoms with Gasteiger partial charge in [-0.2, -0.15) is 0 Å². The molecule has 0 spiro atoms. The van der Waals surface area contributed by atoms with Crippen molar-refractivity contribution in [2.24, 2.45) is 11.3 Å². The number of piperidine rings is 1. The van der Waals surface area contributed by atoms with Crippen LogP contribution in [0.2, 0.25) is 0 Å². The lowest BCUT2D eigenvalue weighted by Crippen LogP contribution is -2.39. The number of aromatic hydroxyl groups is 4. The number of phenols is 4. The maximum Gasteiger partial charge on any atom is 0.261 e. The summed E-state index contributed by atoms with van der Waals surface area (Å²) >= 11 is 2.54. The number of anilines is 1. The van der Waals surface area contributed by atoms with Gasteiger partial charge in [-0.15, -0.1) is 11.3 Å². The molecule has 1 aromatic heterocycles. The first-order chi connectivity index (χ1) is 16.1. The van der Waals surface area contributed by atoms with Gasteiger partial charge in [0.05, 0.1) is 20.6 Å². The highest BCUT2D eigenvalue weighted by Crippen LogP contribution is 2.51. The highest BCUT2D eigenvalue weighted by molar-refractivity contribution is 8.00. The van der Waals surface area contributed by atoms with E-state index in [-0.39, 0.29) is 11.1 Å². The van der Waals surface area contributed by atoms with Crippen LogP contribution in [0.15, 0.2) is 28.6 Å². The Kier molecular flexibility index (Phi) is 6.73. The first-order valence-corrected chi connectivity index (χ1v) is 12.8. The summed E-state index contributed by atoms with van der Waals surface area (Å²) < 4.78 is 3.74. The molecule has 2 aromatic carbocycles. The number of hydrogen-bond acceptors (Lipinski definition) is 9. The van der Waals surface area contributed by atoms with Crippen molar-refractivity contribution in [3.63, 3.8) is 0 Å². The number of phenolic OH excluding ortho intramolecular Hbond substituents is 4. The molecule has 0 saturated carbocycles. The number of para-hydroxylation sites is 1. The zero-order valence-corrected chi connectivity index (χ0v) is 21.0. The molecule has 1 fully saturated rings. The lowest BCUT2D eigenvalue weighted by molar-refractivity contribution is 0.0662. The SMILES string of the molecule is CC(C)(C)CC1CCN(C(=O)c2c(O)c(O)c(NSc3cccc4scnc34)c(O)c2O)CC1. The number of likely N-dealkylation sites (tertiary alicyclic amines) is 1. The third kappa shape index (κ3) is 4.83. The lowest BCUT2D eigenvalue weighted by Gasteiger charge is -2.35. The Morgan fingerprint density at radius 3 is 2.38 bits per heavy atom. The fraction of sp³-hybridized carbons (Fsp3) is 0.417. The molecule has 1 amide bonds. The number of amides is 1. The van der Waals surface area contributed by atoms with E-state index in [0.29, 0.717) is 19.0 Å². The summed E-state index contributed by atoms with van der Waals surface area (Å²) in [7, 11) is 0. The zero-order valence-electron chi connectivity index (χ0n) is 19.3. The minimum Gasteiger partial charge on any atom is -0.504 e. The van der Waals surface area contributed by atoms with Crippen LogP contribution >= 0.6 is 23.3 Å². The molecule has 34 heavy (non-hydrogen) atoms. The van der Waals surface area contributed by atoms with E-state index in [9.17, 15) is 25.2 Å². The number of carbonyl (C=O) groups is 1. The average molecular weight is 504 g/mol. The van der Waals surface area contributed by atoms with Crippen LogP contribution in [0.5, 0.6) is 23.0 Å². The minimum absolute atomic E-state index is 0.205. The lowest BCUT2D eigenvalue weighted by atomic mass is 9.80. The van der Waals surface area contributed by atoms with E-state index >= 15 is 0 Å². The fourth-order valence-corrected chi connectivity index (χ4v) is 5.99. The third-order valence-corrected chi connectivity index (χ3v) is 7.65. The summed E-state index contributed by atoms with van der Waals surface area (Å²) in [4.78, 5) is 19.7. The van der Waals surface area contributed by atoms with Crippen molar-refractivity contribution in [1.29, 1.82) is 0 Å². The number of nitrogens with one attached hydrogen (secondary N) is 1. The molecule has 3 aromatic rings. The van der Waals surface area contributed by atoms with Crippen LogP contribution in [0.3, 0.4) is 0 Å². The molecule has 0 radical (unpaired) electrons. The molecule has 1 aliphatic heterocycles. The summed E-state index contributed by atoms with van der Waals surface area (Å²) in [5, 5.41) is 42.3. The largest absolute Gasteiger partial charge is 0.504 e. The van der Waals surface area contributed by atoms with Crippen LogP contribution in [0, 0.1) is 11.3 Å². The summed E-state index contributed by atoms with van der Waals surface area (Å²) in [6.07, 6.45) is 2.70. The molecular weight excluding hydrogens is 474 g/mol. The highest BCUT2D eigenvalue weighted by Gasteiger charge is 2.33. The Morgan fingerprint density at radius 2 is 1.76 bits per heavy atom. The number of nitrogens with zero attached hydrogens (tertiary/aromatic N) is 2. The van der Waals surface area contributed by atoms with Crippen molar-refractivity contribution in [2.45, 2.75) is 44.9 Å². The number of carbonyl (C=O) groups excluding carboxylic acids is 1. The van der Waals surface area contributed by atoms with Crippen LogP contribution in [0.1, 0.15) is 50.4 Å². The van der Waals surface area contributed by atoms with E-state index in [1.54, 1.807) is 5.51 Å². The van der Waals surface area contributed by atoms with Crippen molar-refractivity contribution < 1.29 is 25.2 Å². The number of benzene rings is 2. The maximum atomic E-state index is 13.1. The van der Waals surface area contributed by atoms with Gasteiger partial charge in [-0.25, -0.2) is 4.98 Å². The van der Waals surface area contributed by atoms with E-state index in [1.807, 2.05) is 18.2 Å². The Labute approximate surface area is 206 Å². The molecule has 4 rings (SSSR count). The van der Waals surface area contributed by atoms with Crippen molar-refractivity contribution in [1.82, 2.24) is 9.88 Å². The van der Waals surface area contributed by atoms with Gasteiger partial charge in [0.15, 0.2) is 23.0 Å². The zero-order chi connectivity index (χ0) is 24.6. The topological polar surface area (TPSA) is 126 Å². The maximum absolute atomic E-state index is 13.1. The molecule has 0 atom stereocenters. The van der Waals surface area contributed by atoms with Gasteiger partial charge in [0.1, 0.15) is 11.3 Å². The number of hydrogen-bond donors (Lipinski definition) is 5. The fourth-order valence-electron chi connectivity index (χ4n) is 4.41. The predicted molar refractivity (Wildman–Crippen MR) is 135 cm³/mol. The molecule has 1 saturated heterocycles. The second-order valence-electron chi connectivity index (χ2n) is 9.80. The monoisotopic (exact) mass is 503 g/mol. The van der Waals surface area contributed by atoms with Gasteiger partial charge in [-0.05, 0) is 54.7 Å². The van der Waals surface area contributed by atoms with Crippen LogP contribution in [0.25, 0.3) is 10.2 Å². The van der Waals surface area contributed by atoms with Crippen LogP contribution < -0.4 is 4.72 Å². The van der Waals surface area contributed by atoms with Crippen molar-refractivity contribution >= 4 is 45.1 Å². The van der Waals surface area contributed by atoms with Crippen LogP contribution in [-0.4, -0.2) is 49.3 Å². The molecule has 0 unspecified atom stereocenters. The van der Waals surface area contributed by atoms with Gasteiger partial charge in [-0.1, -0.05) is 26.8 Å². The summed E-state index contributed by atoms with van der Waals surface area (Å²) in [6, 6.07) is 5.59. The minimum atomic E-state index is -0.771. The van der Waals surface area contributed by atoms with Gasteiger partial charge >= 0.3 is 0 Å². The Bertz CT molecular complexity index is 1180. The number of rotatable bonds is 5. The molecule has 10 heteroatoms. The van der Waals surface area contributed by atoms with Crippen molar-refractivity contribution in [2.75, 3.05) is 17.8 Å². The normalized spacial score (nSPS) is 15.1. The smallest absolute Gasteiger partial charge is 0.261 e. The molecule has 8 nitrogen and oxygen atoms in total. The summed E-state index contributed by atoms with van der Waals surface area (Å²) in [5.74, 6) is -3.09. The first-order valence-electron chi connectivity index (χ1n) is 11.1. The van der Waals surface area contributed by atoms with Gasteiger partial charge in [-0.3, -0.25) is 4.79 Å². The number of thiazole rings is 1. The Morgan fingerprint density at radius 1 is 1.12 bits per heavy atom. The van der Waals surface area contributed by atoms with Crippen molar-refractivity contribution in [3.8, 4) is 23.0 Å². The van der Waals surface area contributed by atoms with Gasteiger partial charge in [0.2, 0.25) is 0 Å². The second-order valence-corrected chi connectivity index (χ2v) is 11.5. The Hall–Kier alpha value is -2.85. The summed E-state index contributed by atoms with van der Waals surface area (Å²) in [5.41, 5.74) is 1.89. The standard InChI is InChI=1S/C24H29N3O5S2/c1-24(2,3)11-13-7-9-27(10-8-13)23(32)16-19(28)21(30)18(22(31)20(16)29)26-34-15-6-4-5-14-17(15)25-12-33-14/h4-6,12-13,26,28-31H,7-11H2,1-3H3. The number of aromatic nitrogens is 1. The predicted octanol–water partition coefficient (Wildman–Crippen LogP) is 5.53. The molecule has 0 aliphatic carbocycles. The third-order valence-electron chi connectivity index (χ3n) is 6.00. The Balaban J connectivity index is 1.53. The van der Waals surface area contributed by atoms with Crippen LogP contribution in [0.4, 0.5) is 5.69 Å². The van der Waals surface area contributed by atoms with E-state index in [4.69, 9.17) is 0 Å². The van der Waals surface area contributed by atoms with E-state index in [1.165, 1.54) is 16.2 Å². The second kappa shape index (κ2) is 9.42. The molecule has 0 bridgehead atoms. The molecule has 182 valence electrons. The quantitative estimate of drug-likeness (QED) is 0.175. The molecule has 1 aliphatic rings. The average Bonchev–Trinajstić information content (AvgIpc) is 3.27. The van der Waals surface area contributed by atoms with E-state index in [0.717, 1.165) is 46.3 Å². The summed E-state index contributed by atoms with van der Waals surface area (Å²) in [6.45, 7) is 7.53. The molecular formula is C24H29N3O5S2. The van der Waals surface area contributed by atoms with Crippen molar-refractivity contribution in [3.05, 3.63) is 29.3 Å². The van der Waals surface area contributed by atoms with Crippen LogP contribution in [-0.2, 0) is 0 Å².